The number of nitrogens with zero attached hydrogens (tertiary/aromatic N) is 2. The molecule has 0 spiro atoms. The van der Waals surface area contributed by atoms with Gasteiger partial charge in [-0.3, -0.25) is 4.79 Å². The molecule has 0 bridgehead atoms. The number of carbonyl (C=O) groups excluding carboxylic acids is 1. The van der Waals surface area contributed by atoms with Crippen LogP contribution in [0.4, 0.5) is 8.78 Å². The third-order valence-electron chi connectivity index (χ3n) is 5.20. The first-order valence-electron chi connectivity index (χ1n) is 10.2. The van der Waals surface area contributed by atoms with Crippen molar-refractivity contribution in [3.63, 3.8) is 0 Å². The van der Waals surface area contributed by atoms with Gasteiger partial charge in [0.15, 0.2) is 6.10 Å². The molecule has 1 aliphatic heterocycles. The summed E-state index contributed by atoms with van der Waals surface area (Å²) >= 11 is 0. The highest BCUT2D eigenvalue weighted by Gasteiger charge is 2.27. The molecule has 3 aromatic rings. The third-order valence-corrected chi connectivity index (χ3v) is 5.20. The summed E-state index contributed by atoms with van der Waals surface area (Å²) in [4.78, 5) is 20.4. The van der Waals surface area contributed by atoms with Crippen LogP contribution in [-0.4, -0.2) is 36.3 Å². The fourth-order valence-electron chi connectivity index (χ4n) is 3.60. The lowest BCUT2D eigenvalue weighted by Gasteiger charge is -2.25. The van der Waals surface area contributed by atoms with Gasteiger partial charge in [-0.2, -0.15) is 0 Å². The SMILES string of the molecule is COc1cccc(CN(C[C@@H]2CC(c3ccc(F)cc3)=NO2)C(=O)c2cccc(F)c2)c1. The van der Waals surface area contributed by atoms with Crippen LogP contribution in [0.5, 0.6) is 5.75 Å². The molecule has 164 valence electrons. The first-order valence-corrected chi connectivity index (χ1v) is 10.2. The van der Waals surface area contributed by atoms with E-state index in [1.807, 2.05) is 24.3 Å². The first-order chi connectivity index (χ1) is 15.5. The van der Waals surface area contributed by atoms with Crippen LogP contribution >= 0.6 is 0 Å². The number of benzene rings is 3. The normalized spacial score (nSPS) is 15.1. The Labute approximate surface area is 184 Å². The van der Waals surface area contributed by atoms with Crippen molar-refractivity contribution >= 4 is 11.6 Å². The molecule has 32 heavy (non-hydrogen) atoms. The number of oxime groups is 1. The lowest BCUT2D eigenvalue weighted by Crippen LogP contribution is -2.37. The topological polar surface area (TPSA) is 51.1 Å². The predicted molar refractivity (Wildman–Crippen MR) is 117 cm³/mol. The Balaban J connectivity index is 1.52. The molecule has 0 saturated heterocycles. The van der Waals surface area contributed by atoms with Gasteiger partial charge in [-0.05, 0) is 53.6 Å². The number of hydrogen-bond donors (Lipinski definition) is 0. The molecule has 4 rings (SSSR count). The largest absolute Gasteiger partial charge is 0.497 e. The van der Waals surface area contributed by atoms with Crippen LogP contribution in [-0.2, 0) is 11.4 Å². The maximum atomic E-state index is 13.7. The summed E-state index contributed by atoms with van der Waals surface area (Å²) in [6, 6.07) is 19.0. The van der Waals surface area contributed by atoms with Crippen molar-refractivity contribution in [1.29, 1.82) is 0 Å². The highest BCUT2D eigenvalue weighted by Crippen LogP contribution is 2.21. The highest BCUT2D eigenvalue weighted by molar-refractivity contribution is 6.01. The van der Waals surface area contributed by atoms with Crippen LogP contribution in [0.15, 0.2) is 78.0 Å². The summed E-state index contributed by atoms with van der Waals surface area (Å²) < 4.78 is 32.2. The van der Waals surface area contributed by atoms with Crippen molar-refractivity contribution in [2.24, 2.45) is 5.16 Å². The summed E-state index contributed by atoms with van der Waals surface area (Å²) in [6.45, 7) is 0.541. The zero-order chi connectivity index (χ0) is 22.5. The number of halogens is 2. The van der Waals surface area contributed by atoms with Crippen molar-refractivity contribution in [3.05, 3.63) is 101 Å². The number of ether oxygens (including phenoxy) is 1. The molecule has 0 unspecified atom stereocenters. The van der Waals surface area contributed by atoms with E-state index in [0.717, 1.165) is 11.1 Å². The summed E-state index contributed by atoms with van der Waals surface area (Å²) in [5.74, 6) is -0.433. The maximum Gasteiger partial charge on any atom is 0.254 e. The van der Waals surface area contributed by atoms with Crippen LogP contribution in [0.25, 0.3) is 0 Å². The zero-order valence-electron chi connectivity index (χ0n) is 17.5. The van der Waals surface area contributed by atoms with Gasteiger partial charge in [-0.25, -0.2) is 8.78 Å². The minimum Gasteiger partial charge on any atom is -0.497 e. The Morgan fingerprint density at radius 1 is 1.06 bits per heavy atom. The second-order valence-corrected chi connectivity index (χ2v) is 7.52. The molecule has 7 heteroatoms. The van der Waals surface area contributed by atoms with E-state index in [2.05, 4.69) is 5.16 Å². The first kappa shape index (κ1) is 21.5. The Morgan fingerprint density at radius 3 is 2.59 bits per heavy atom. The quantitative estimate of drug-likeness (QED) is 0.534. The molecule has 0 aliphatic carbocycles. The van der Waals surface area contributed by atoms with Crippen molar-refractivity contribution in [2.45, 2.75) is 19.1 Å². The zero-order valence-corrected chi connectivity index (χ0v) is 17.5. The van der Waals surface area contributed by atoms with Crippen LogP contribution in [0.1, 0.15) is 27.9 Å². The van der Waals surface area contributed by atoms with E-state index in [9.17, 15) is 13.6 Å². The van der Waals surface area contributed by atoms with E-state index >= 15 is 0 Å². The molecule has 1 atom stereocenters. The minimum absolute atomic E-state index is 0.251. The second kappa shape index (κ2) is 9.60. The molecule has 3 aromatic carbocycles. The fourth-order valence-corrected chi connectivity index (χ4v) is 3.60. The molecule has 0 aromatic heterocycles. The number of hydrogen-bond acceptors (Lipinski definition) is 4. The Morgan fingerprint density at radius 2 is 1.84 bits per heavy atom. The van der Waals surface area contributed by atoms with Crippen molar-refractivity contribution in [3.8, 4) is 5.75 Å². The number of carbonyl (C=O) groups is 1. The van der Waals surface area contributed by atoms with E-state index in [1.165, 1.54) is 30.3 Å². The van der Waals surface area contributed by atoms with Gasteiger partial charge in [0.25, 0.3) is 5.91 Å². The summed E-state index contributed by atoms with van der Waals surface area (Å²) in [7, 11) is 1.58. The van der Waals surface area contributed by atoms with E-state index in [4.69, 9.17) is 9.57 Å². The van der Waals surface area contributed by atoms with Crippen molar-refractivity contribution in [1.82, 2.24) is 4.90 Å². The van der Waals surface area contributed by atoms with Gasteiger partial charge >= 0.3 is 0 Å². The summed E-state index contributed by atoms with van der Waals surface area (Å²) in [5.41, 5.74) is 2.58. The summed E-state index contributed by atoms with van der Waals surface area (Å²) in [5, 5.41) is 4.13. The van der Waals surface area contributed by atoms with Crippen LogP contribution < -0.4 is 4.74 Å². The molecule has 1 aliphatic rings. The monoisotopic (exact) mass is 436 g/mol. The van der Waals surface area contributed by atoms with Crippen molar-refractivity contribution in [2.75, 3.05) is 13.7 Å². The Hall–Kier alpha value is -3.74. The standard InChI is InChI=1S/C25H22F2N2O3/c1-31-22-7-2-4-17(12-22)15-29(25(30)19-5-3-6-21(27)13-19)16-23-14-24(28-32-23)18-8-10-20(26)11-9-18/h2-13,23H,14-16H2,1H3/t23-/m0/s1. The smallest absolute Gasteiger partial charge is 0.254 e. The van der Waals surface area contributed by atoms with Gasteiger partial charge in [0, 0.05) is 18.5 Å². The van der Waals surface area contributed by atoms with Crippen LogP contribution in [0.3, 0.4) is 0 Å². The van der Waals surface area contributed by atoms with E-state index in [1.54, 1.807) is 30.2 Å². The molecule has 1 amide bonds. The number of rotatable bonds is 7. The van der Waals surface area contributed by atoms with E-state index in [-0.39, 0.29) is 36.5 Å². The highest BCUT2D eigenvalue weighted by atomic mass is 19.1. The Bertz CT molecular complexity index is 1130. The Kier molecular flexibility index (Phi) is 6.44. The third kappa shape index (κ3) is 5.11. The van der Waals surface area contributed by atoms with Gasteiger partial charge in [0.2, 0.25) is 0 Å². The van der Waals surface area contributed by atoms with Crippen molar-refractivity contribution < 1.29 is 23.1 Å². The average Bonchev–Trinajstić information content (AvgIpc) is 3.27. The molecule has 0 radical (unpaired) electrons. The van der Waals surface area contributed by atoms with E-state index < -0.39 is 5.82 Å². The molecule has 1 heterocycles. The lowest BCUT2D eigenvalue weighted by atomic mass is 10.0. The van der Waals surface area contributed by atoms with Gasteiger partial charge in [0.1, 0.15) is 17.4 Å². The summed E-state index contributed by atoms with van der Waals surface area (Å²) in [6.07, 6.45) is 0.0922. The molecule has 0 saturated carbocycles. The van der Waals surface area contributed by atoms with E-state index in [0.29, 0.717) is 17.9 Å². The van der Waals surface area contributed by atoms with Crippen LogP contribution in [0, 0.1) is 11.6 Å². The van der Waals surface area contributed by atoms with Gasteiger partial charge < -0.3 is 14.5 Å². The lowest BCUT2D eigenvalue weighted by molar-refractivity contribution is 0.0405. The van der Waals surface area contributed by atoms with Gasteiger partial charge in [0.05, 0.1) is 19.4 Å². The second-order valence-electron chi connectivity index (χ2n) is 7.52. The number of methoxy groups -OCH3 is 1. The molecule has 5 nitrogen and oxygen atoms in total. The number of amides is 1. The molecular formula is C25H22F2N2O3. The predicted octanol–water partition coefficient (Wildman–Crippen LogP) is 4.81. The van der Waals surface area contributed by atoms with Gasteiger partial charge in [-0.15, -0.1) is 0 Å². The molecule has 0 fully saturated rings. The average molecular weight is 436 g/mol. The van der Waals surface area contributed by atoms with Gasteiger partial charge in [-0.1, -0.05) is 35.5 Å². The molecule has 0 N–H and O–H groups in total. The minimum atomic E-state index is -0.476. The fraction of sp³-hybridized carbons (Fsp3) is 0.200. The molecular weight excluding hydrogens is 414 g/mol. The maximum absolute atomic E-state index is 13.7. The van der Waals surface area contributed by atoms with Crippen LogP contribution in [0.2, 0.25) is 0 Å².